The molecule has 0 saturated heterocycles. The van der Waals surface area contributed by atoms with Crippen molar-refractivity contribution in [3.63, 3.8) is 0 Å². The summed E-state index contributed by atoms with van der Waals surface area (Å²) in [5.41, 5.74) is 1.47. The highest BCUT2D eigenvalue weighted by Gasteiger charge is 2.05. The van der Waals surface area contributed by atoms with Gasteiger partial charge < -0.3 is 9.52 Å². The molecule has 3 nitrogen and oxygen atoms in total. The van der Waals surface area contributed by atoms with Crippen LogP contribution in [0.25, 0.3) is 11.0 Å². The molecule has 0 bridgehead atoms. The Morgan fingerprint density at radius 3 is 3.09 bits per heavy atom. The molecule has 2 rings (SSSR count). The number of aryl methyl sites for hydroxylation is 1. The van der Waals surface area contributed by atoms with E-state index in [2.05, 4.69) is 4.98 Å². The van der Waals surface area contributed by atoms with Gasteiger partial charge in [0.05, 0.1) is 6.26 Å². The zero-order valence-electron chi connectivity index (χ0n) is 6.03. The molecule has 0 amide bonds. The van der Waals surface area contributed by atoms with E-state index in [-0.39, 0.29) is 5.88 Å². The van der Waals surface area contributed by atoms with Gasteiger partial charge in [0.15, 0.2) is 5.58 Å². The quantitative estimate of drug-likeness (QED) is 0.621. The molecule has 0 aliphatic rings. The van der Waals surface area contributed by atoms with Gasteiger partial charge >= 0.3 is 0 Å². The number of fused-ring (bicyclic) bond motifs is 1. The molecule has 0 atom stereocenters. The van der Waals surface area contributed by atoms with Crippen LogP contribution in [0.4, 0.5) is 0 Å². The number of pyridine rings is 1. The van der Waals surface area contributed by atoms with Crippen LogP contribution in [0.2, 0.25) is 0 Å². The predicted molar refractivity (Wildman–Crippen MR) is 40.4 cm³/mol. The minimum atomic E-state index is -0.0457. The molecule has 0 aliphatic carbocycles. The molecule has 2 aromatic rings. The highest BCUT2D eigenvalue weighted by atomic mass is 16.3. The molecular formula is C8H7NO2. The highest BCUT2D eigenvalue weighted by Crippen LogP contribution is 2.25. The number of hydrogen-bond donors (Lipinski definition) is 1. The Hall–Kier alpha value is -1.51. The van der Waals surface area contributed by atoms with Crippen molar-refractivity contribution in [2.24, 2.45) is 0 Å². The monoisotopic (exact) mass is 149 g/mol. The molecule has 0 radical (unpaired) electrons. The molecule has 2 heterocycles. The lowest BCUT2D eigenvalue weighted by Gasteiger charge is -1.90. The molecule has 0 unspecified atom stereocenters. The van der Waals surface area contributed by atoms with E-state index in [0.717, 1.165) is 10.9 Å². The normalized spacial score (nSPS) is 10.6. The maximum atomic E-state index is 9.18. The lowest BCUT2D eigenvalue weighted by Crippen LogP contribution is -1.73. The molecule has 0 aliphatic heterocycles. The van der Waals surface area contributed by atoms with Crippen LogP contribution in [0.1, 0.15) is 5.56 Å². The third-order valence-corrected chi connectivity index (χ3v) is 1.66. The molecule has 0 aromatic carbocycles. The number of rotatable bonds is 0. The van der Waals surface area contributed by atoms with Crippen molar-refractivity contribution in [1.29, 1.82) is 0 Å². The van der Waals surface area contributed by atoms with Crippen molar-refractivity contribution in [2.75, 3.05) is 0 Å². The summed E-state index contributed by atoms with van der Waals surface area (Å²) in [4.78, 5) is 3.68. The Morgan fingerprint density at radius 2 is 2.36 bits per heavy atom. The molecule has 3 heteroatoms. The van der Waals surface area contributed by atoms with Gasteiger partial charge in [-0.3, -0.25) is 0 Å². The zero-order valence-corrected chi connectivity index (χ0v) is 6.03. The lowest BCUT2D eigenvalue weighted by molar-refractivity contribution is 0.444. The smallest absolute Gasteiger partial charge is 0.255 e. The summed E-state index contributed by atoms with van der Waals surface area (Å²) in [5.74, 6) is -0.0457. The molecule has 11 heavy (non-hydrogen) atoms. The van der Waals surface area contributed by atoms with Crippen molar-refractivity contribution in [3.05, 3.63) is 24.1 Å². The predicted octanol–water partition coefficient (Wildman–Crippen LogP) is 1.84. The van der Waals surface area contributed by atoms with E-state index in [1.54, 1.807) is 12.5 Å². The average Bonchev–Trinajstić information content (AvgIpc) is 2.35. The van der Waals surface area contributed by atoms with Crippen LogP contribution < -0.4 is 0 Å². The maximum absolute atomic E-state index is 9.18. The second-order valence-electron chi connectivity index (χ2n) is 2.43. The summed E-state index contributed by atoms with van der Waals surface area (Å²) >= 11 is 0. The second-order valence-corrected chi connectivity index (χ2v) is 2.43. The molecule has 0 saturated carbocycles. The minimum Gasteiger partial charge on any atom is -0.491 e. The molecule has 1 N–H and O–H groups in total. The van der Waals surface area contributed by atoms with Crippen molar-refractivity contribution in [2.45, 2.75) is 6.92 Å². The summed E-state index contributed by atoms with van der Waals surface area (Å²) in [5, 5.41) is 10.1. The second kappa shape index (κ2) is 1.99. The van der Waals surface area contributed by atoms with Crippen LogP contribution in [-0.2, 0) is 0 Å². The van der Waals surface area contributed by atoms with Crippen LogP contribution in [0.15, 0.2) is 22.9 Å². The van der Waals surface area contributed by atoms with Crippen molar-refractivity contribution >= 4 is 11.0 Å². The number of furan rings is 1. The SMILES string of the molecule is Cc1coc2c(O)nccc12. The third-order valence-electron chi connectivity index (χ3n) is 1.66. The van der Waals surface area contributed by atoms with E-state index in [4.69, 9.17) is 4.42 Å². The first kappa shape index (κ1) is 6.22. The first-order valence-electron chi connectivity index (χ1n) is 3.31. The Kier molecular flexibility index (Phi) is 1.12. The van der Waals surface area contributed by atoms with Crippen LogP contribution in [0, 0.1) is 6.92 Å². The minimum absolute atomic E-state index is 0.0457. The first-order valence-corrected chi connectivity index (χ1v) is 3.31. The van der Waals surface area contributed by atoms with E-state index >= 15 is 0 Å². The van der Waals surface area contributed by atoms with Gasteiger partial charge in [-0.1, -0.05) is 0 Å². The molecule has 56 valence electrons. The summed E-state index contributed by atoms with van der Waals surface area (Å²) in [6.07, 6.45) is 3.16. The van der Waals surface area contributed by atoms with Crippen molar-refractivity contribution < 1.29 is 9.52 Å². The fourth-order valence-electron chi connectivity index (χ4n) is 1.07. The highest BCUT2D eigenvalue weighted by molar-refractivity contribution is 5.83. The van der Waals surface area contributed by atoms with Crippen LogP contribution in [0.3, 0.4) is 0 Å². The Morgan fingerprint density at radius 1 is 1.55 bits per heavy atom. The van der Waals surface area contributed by atoms with E-state index in [0.29, 0.717) is 5.58 Å². The van der Waals surface area contributed by atoms with Gasteiger partial charge in [0, 0.05) is 11.6 Å². The van der Waals surface area contributed by atoms with Gasteiger partial charge in [0.25, 0.3) is 5.88 Å². The fraction of sp³-hybridized carbons (Fsp3) is 0.125. The van der Waals surface area contributed by atoms with Gasteiger partial charge in [-0.05, 0) is 18.6 Å². The van der Waals surface area contributed by atoms with E-state index in [9.17, 15) is 5.11 Å². The Balaban J connectivity index is 2.94. The van der Waals surface area contributed by atoms with Gasteiger partial charge in [0.1, 0.15) is 0 Å². The fourth-order valence-corrected chi connectivity index (χ4v) is 1.07. The lowest BCUT2D eigenvalue weighted by atomic mass is 10.2. The Bertz CT molecular complexity index is 392. The third kappa shape index (κ3) is 0.774. The van der Waals surface area contributed by atoms with E-state index in [1.807, 2.05) is 13.0 Å². The largest absolute Gasteiger partial charge is 0.491 e. The molecule has 2 aromatic heterocycles. The standard InChI is InChI=1S/C8H7NO2/c1-5-4-11-7-6(5)2-3-9-8(7)10/h2-4H,1H3,(H,9,10). The van der Waals surface area contributed by atoms with Crippen LogP contribution >= 0.6 is 0 Å². The first-order chi connectivity index (χ1) is 5.29. The number of hydrogen-bond acceptors (Lipinski definition) is 3. The maximum Gasteiger partial charge on any atom is 0.255 e. The van der Waals surface area contributed by atoms with Gasteiger partial charge in [-0.15, -0.1) is 0 Å². The van der Waals surface area contributed by atoms with Crippen LogP contribution in [-0.4, -0.2) is 10.1 Å². The summed E-state index contributed by atoms with van der Waals surface area (Å²) in [7, 11) is 0. The summed E-state index contributed by atoms with van der Waals surface area (Å²) in [6.45, 7) is 1.92. The topological polar surface area (TPSA) is 46.3 Å². The van der Waals surface area contributed by atoms with Gasteiger partial charge in [-0.25, -0.2) is 4.98 Å². The van der Waals surface area contributed by atoms with Gasteiger partial charge in [-0.2, -0.15) is 0 Å². The van der Waals surface area contributed by atoms with E-state index in [1.165, 1.54) is 0 Å². The average molecular weight is 149 g/mol. The Labute approximate surface area is 63.3 Å². The number of aromatic hydroxyl groups is 1. The van der Waals surface area contributed by atoms with Crippen molar-refractivity contribution in [3.8, 4) is 5.88 Å². The molecule has 0 fully saturated rings. The van der Waals surface area contributed by atoms with E-state index < -0.39 is 0 Å². The van der Waals surface area contributed by atoms with Crippen LogP contribution in [0.5, 0.6) is 5.88 Å². The van der Waals surface area contributed by atoms with Crippen molar-refractivity contribution in [1.82, 2.24) is 4.98 Å². The number of nitrogens with zero attached hydrogens (tertiary/aromatic N) is 1. The van der Waals surface area contributed by atoms with Gasteiger partial charge in [0.2, 0.25) is 0 Å². The molecular weight excluding hydrogens is 142 g/mol. The number of aromatic nitrogens is 1. The zero-order chi connectivity index (χ0) is 7.84. The summed E-state index contributed by atoms with van der Waals surface area (Å²) in [6, 6.07) is 1.81. The molecule has 0 spiro atoms. The summed E-state index contributed by atoms with van der Waals surface area (Å²) < 4.78 is 5.07.